The summed E-state index contributed by atoms with van der Waals surface area (Å²) in [5, 5.41) is 0. The van der Waals surface area contributed by atoms with Crippen LogP contribution in [0.3, 0.4) is 0 Å². The largest absolute Gasteiger partial charge is 0.456 e. The monoisotopic (exact) mass is 208 g/mol. The van der Waals surface area contributed by atoms with E-state index in [1.165, 1.54) is 32.1 Å². The van der Waals surface area contributed by atoms with Gasteiger partial charge in [0.25, 0.3) is 0 Å². The van der Waals surface area contributed by atoms with E-state index in [-0.39, 0.29) is 5.97 Å². The van der Waals surface area contributed by atoms with E-state index < -0.39 is 0 Å². The Hall–Kier alpha value is -0.970. The molecule has 0 heterocycles. The lowest BCUT2D eigenvalue weighted by molar-refractivity contribution is -0.136. The Labute approximate surface area is 92.4 Å². The van der Waals surface area contributed by atoms with Gasteiger partial charge < -0.3 is 4.74 Å². The zero-order valence-electron chi connectivity index (χ0n) is 9.55. The van der Waals surface area contributed by atoms with E-state index in [1.807, 2.05) is 0 Å². The van der Waals surface area contributed by atoms with Gasteiger partial charge in [0, 0.05) is 11.8 Å². The van der Waals surface area contributed by atoms with E-state index >= 15 is 0 Å². The molecule has 1 rings (SSSR count). The van der Waals surface area contributed by atoms with Crippen LogP contribution in [0.15, 0.2) is 0 Å². The van der Waals surface area contributed by atoms with Crippen LogP contribution in [0.1, 0.15) is 51.9 Å². The molecule has 0 aromatic rings. The molecule has 0 atom stereocenters. The van der Waals surface area contributed by atoms with Crippen molar-refractivity contribution in [1.29, 1.82) is 0 Å². The minimum Gasteiger partial charge on any atom is -0.456 e. The summed E-state index contributed by atoms with van der Waals surface area (Å²) in [6.45, 7) is 2.22. The highest BCUT2D eigenvalue weighted by Crippen LogP contribution is 2.21. The molecule has 2 heteroatoms. The number of hydrogen-bond donors (Lipinski definition) is 0. The fraction of sp³-hybridized carbons (Fsp3) is 0.769. The molecule has 0 aromatic heterocycles. The van der Waals surface area contributed by atoms with Gasteiger partial charge in [0.2, 0.25) is 0 Å². The fourth-order valence-corrected chi connectivity index (χ4v) is 1.93. The zero-order valence-corrected chi connectivity index (χ0v) is 9.55. The molecule has 1 fully saturated rings. The molecule has 0 bridgehead atoms. The van der Waals surface area contributed by atoms with Gasteiger partial charge in [-0.15, -0.1) is 0 Å². The molecule has 1 aliphatic rings. The van der Waals surface area contributed by atoms with Crippen molar-refractivity contribution in [2.45, 2.75) is 51.9 Å². The summed E-state index contributed by atoms with van der Waals surface area (Å²) in [6.07, 6.45) is 8.79. The molecule has 0 N–H and O–H groups in total. The van der Waals surface area contributed by atoms with E-state index in [9.17, 15) is 4.79 Å². The molecule has 0 radical (unpaired) electrons. The summed E-state index contributed by atoms with van der Waals surface area (Å²) < 4.78 is 4.78. The number of carbonyl (C=O) groups excluding carboxylic acids is 1. The van der Waals surface area contributed by atoms with Gasteiger partial charge in [0.05, 0.1) is 6.61 Å². The maximum absolute atomic E-state index is 11.0. The summed E-state index contributed by atoms with van der Waals surface area (Å²) in [7, 11) is 0. The number of hydrogen-bond acceptors (Lipinski definition) is 2. The number of carbonyl (C=O) groups is 1. The van der Waals surface area contributed by atoms with Crippen LogP contribution in [0.25, 0.3) is 0 Å². The summed E-state index contributed by atoms with van der Waals surface area (Å²) >= 11 is 0. The van der Waals surface area contributed by atoms with Crippen molar-refractivity contribution in [3.8, 4) is 11.8 Å². The third-order valence-corrected chi connectivity index (χ3v) is 2.76. The molecule has 84 valence electrons. The van der Waals surface area contributed by atoms with Crippen LogP contribution in [0.5, 0.6) is 0 Å². The predicted molar refractivity (Wildman–Crippen MR) is 60.2 cm³/mol. The van der Waals surface area contributed by atoms with Gasteiger partial charge in [-0.05, 0) is 19.8 Å². The highest BCUT2D eigenvalue weighted by Gasteiger charge is 2.08. The number of ether oxygens (including phenoxy) is 1. The second kappa shape index (κ2) is 7.34. The molecule has 0 amide bonds. The van der Waals surface area contributed by atoms with Gasteiger partial charge in [-0.25, -0.2) is 4.79 Å². The first-order chi connectivity index (χ1) is 7.33. The Morgan fingerprint density at radius 2 is 1.80 bits per heavy atom. The van der Waals surface area contributed by atoms with Crippen molar-refractivity contribution in [1.82, 2.24) is 0 Å². The van der Waals surface area contributed by atoms with Crippen LogP contribution >= 0.6 is 0 Å². The lowest BCUT2D eigenvalue weighted by Gasteiger charge is -2.13. The van der Waals surface area contributed by atoms with Crippen LogP contribution in [0.4, 0.5) is 0 Å². The fourth-order valence-electron chi connectivity index (χ4n) is 1.93. The highest BCUT2D eigenvalue weighted by molar-refractivity contribution is 5.88. The highest BCUT2D eigenvalue weighted by atomic mass is 16.5. The van der Waals surface area contributed by atoms with Crippen molar-refractivity contribution >= 4 is 5.97 Å². The second-order valence-electron chi connectivity index (χ2n) is 4.03. The average molecular weight is 208 g/mol. The zero-order chi connectivity index (χ0) is 10.9. The molecule has 0 saturated heterocycles. The normalized spacial score (nSPS) is 18.2. The van der Waals surface area contributed by atoms with Gasteiger partial charge in [0.1, 0.15) is 0 Å². The maximum atomic E-state index is 11.0. The van der Waals surface area contributed by atoms with E-state index in [4.69, 9.17) is 4.74 Å². The standard InChI is InChI=1S/C13H20O2/c1-2-15-13(14)11-10-12-8-6-4-3-5-7-9-12/h12H,2-9H2,1H3. The van der Waals surface area contributed by atoms with Gasteiger partial charge in [-0.1, -0.05) is 38.0 Å². The van der Waals surface area contributed by atoms with Crippen LogP contribution in [-0.2, 0) is 9.53 Å². The summed E-state index contributed by atoms with van der Waals surface area (Å²) in [6, 6.07) is 0. The molecule has 1 saturated carbocycles. The van der Waals surface area contributed by atoms with Crippen LogP contribution in [0, 0.1) is 17.8 Å². The van der Waals surface area contributed by atoms with E-state index in [2.05, 4.69) is 11.8 Å². The minimum atomic E-state index is -0.375. The van der Waals surface area contributed by atoms with Crippen molar-refractivity contribution in [2.24, 2.45) is 5.92 Å². The molecule has 0 unspecified atom stereocenters. The predicted octanol–water partition coefficient (Wildman–Crippen LogP) is 2.91. The molecule has 0 spiro atoms. The Bertz CT molecular complexity index is 239. The topological polar surface area (TPSA) is 26.3 Å². The number of rotatable bonds is 1. The minimum absolute atomic E-state index is 0.375. The third-order valence-electron chi connectivity index (χ3n) is 2.76. The van der Waals surface area contributed by atoms with Gasteiger partial charge in [-0.3, -0.25) is 0 Å². The molecular formula is C13H20O2. The van der Waals surface area contributed by atoms with E-state index in [1.54, 1.807) is 6.92 Å². The van der Waals surface area contributed by atoms with Gasteiger partial charge >= 0.3 is 5.97 Å². The van der Waals surface area contributed by atoms with Crippen molar-refractivity contribution in [3.05, 3.63) is 0 Å². The van der Waals surface area contributed by atoms with E-state index in [0.717, 1.165) is 12.8 Å². The maximum Gasteiger partial charge on any atom is 0.384 e. The summed E-state index contributed by atoms with van der Waals surface area (Å²) in [4.78, 5) is 11.0. The quantitative estimate of drug-likeness (QED) is 0.376. The molecule has 0 aliphatic heterocycles. The number of esters is 1. The van der Waals surface area contributed by atoms with Crippen molar-refractivity contribution < 1.29 is 9.53 Å². The van der Waals surface area contributed by atoms with Gasteiger partial charge in [-0.2, -0.15) is 0 Å². The molecular weight excluding hydrogens is 188 g/mol. The lowest BCUT2D eigenvalue weighted by Crippen LogP contribution is -2.04. The second-order valence-corrected chi connectivity index (χ2v) is 4.03. The molecule has 15 heavy (non-hydrogen) atoms. The molecule has 1 aliphatic carbocycles. The van der Waals surface area contributed by atoms with Crippen molar-refractivity contribution in [2.75, 3.05) is 6.61 Å². The first-order valence-electron chi connectivity index (χ1n) is 6.01. The van der Waals surface area contributed by atoms with Crippen LogP contribution < -0.4 is 0 Å². The Balaban J connectivity index is 2.36. The van der Waals surface area contributed by atoms with E-state index in [0.29, 0.717) is 12.5 Å². The average Bonchev–Trinajstić information content (AvgIpc) is 2.16. The van der Waals surface area contributed by atoms with Gasteiger partial charge in [0.15, 0.2) is 0 Å². The molecule has 0 aromatic carbocycles. The molecule has 2 nitrogen and oxygen atoms in total. The third kappa shape index (κ3) is 5.47. The Morgan fingerprint density at radius 1 is 1.20 bits per heavy atom. The first-order valence-corrected chi connectivity index (χ1v) is 6.01. The first kappa shape index (κ1) is 12.1. The summed E-state index contributed by atoms with van der Waals surface area (Å²) in [5.41, 5.74) is 0. The van der Waals surface area contributed by atoms with Crippen LogP contribution in [-0.4, -0.2) is 12.6 Å². The van der Waals surface area contributed by atoms with Crippen molar-refractivity contribution in [3.63, 3.8) is 0 Å². The van der Waals surface area contributed by atoms with Crippen LogP contribution in [0.2, 0.25) is 0 Å². The SMILES string of the molecule is CCOC(=O)C#CC1CCCCCCC1. The smallest absolute Gasteiger partial charge is 0.384 e. The Kier molecular flexibility index (Phi) is 5.92. The summed E-state index contributed by atoms with van der Waals surface area (Å²) in [5.74, 6) is 5.68. The Morgan fingerprint density at radius 3 is 2.40 bits per heavy atom. The lowest BCUT2D eigenvalue weighted by atomic mass is 9.92.